The fourth-order valence-corrected chi connectivity index (χ4v) is 2.88. The molecule has 0 bridgehead atoms. The van der Waals surface area contributed by atoms with E-state index in [9.17, 15) is 0 Å². The average Bonchev–Trinajstić information content (AvgIpc) is 2.71. The number of aromatic nitrogens is 2. The fourth-order valence-electron chi connectivity index (χ4n) is 1.96. The molecule has 0 spiro atoms. The quantitative estimate of drug-likeness (QED) is 0.829. The first-order valence-corrected chi connectivity index (χ1v) is 7.57. The van der Waals surface area contributed by atoms with Crippen LogP contribution in [0.3, 0.4) is 0 Å². The molecule has 1 aromatic heterocycles. The minimum absolute atomic E-state index is 0.533. The minimum Gasteiger partial charge on any atom is -0.379 e. The van der Waals surface area contributed by atoms with Gasteiger partial charge < -0.3 is 5.32 Å². The van der Waals surface area contributed by atoms with Gasteiger partial charge >= 0.3 is 0 Å². The van der Waals surface area contributed by atoms with Crippen LogP contribution in [0.5, 0.6) is 0 Å². The zero-order valence-corrected chi connectivity index (χ0v) is 13.4. The van der Waals surface area contributed by atoms with E-state index in [0.29, 0.717) is 5.88 Å². The van der Waals surface area contributed by atoms with Crippen molar-refractivity contribution in [1.29, 1.82) is 0 Å². The van der Waals surface area contributed by atoms with Gasteiger partial charge in [0.2, 0.25) is 0 Å². The monoisotopic (exact) mass is 341 g/mol. The number of rotatable bonds is 5. The Hall–Kier alpha value is -1.000. The molecule has 0 radical (unpaired) electrons. The van der Waals surface area contributed by atoms with E-state index in [1.807, 2.05) is 29.9 Å². The molecule has 1 N–H and O–H groups in total. The summed E-state index contributed by atoms with van der Waals surface area (Å²) in [6, 6.07) is 8.14. The van der Waals surface area contributed by atoms with Crippen molar-refractivity contribution in [2.45, 2.75) is 25.8 Å². The number of hydrogen-bond donors (Lipinski definition) is 1. The van der Waals surface area contributed by atoms with Gasteiger partial charge in [-0.3, -0.25) is 4.68 Å². The van der Waals surface area contributed by atoms with Gasteiger partial charge in [-0.2, -0.15) is 5.10 Å². The van der Waals surface area contributed by atoms with Crippen molar-refractivity contribution in [3.05, 3.63) is 45.7 Å². The molecule has 5 heteroatoms. The SMILES string of the molecule is CCc1nn(C)c(CNc2cccc(CCl)c2)c1Br. The third-order valence-corrected chi connectivity index (χ3v) is 4.27. The van der Waals surface area contributed by atoms with E-state index in [0.717, 1.165) is 40.1 Å². The molecular weight excluding hydrogens is 326 g/mol. The van der Waals surface area contributed by atoms with E-state index in [-0.39, 0.29) is 0 Å². The fraction of sp³-hybridized carbons (Fsp3) is 0.357. The number of halogens is 2. The molecule has 0 aliphatic heterocycles. The van der Waals surface area contributed by atoms with Crippen molar-refractivity contribution in [3.8, 4) is 0 Å². The maximum atomic E-state index is 5.84. The highest BCUT2D eigenvalue weighted by atomic mass is 79.9. The van der Waals surface area contributed by atoms with Crippen molar-refractivity contribution in [2.75, 3.05) is 5.32 Å². The molecule has 0 unspecified atom stereocenters. The van der Waals surface area contributed by atoms with E-state index in [1.54, 1.807) is 0 Å². The van der Waals surface area contributed by atoms with Gasteiger partial charge in [-0.05, 0) is 40.0 Å². The second kappa shape index (κ2) is 6.44. The van der Waals surface area contributed by atoms with Crippen molar-refractivity contribution >= 4 is 33.2 Å². The number of hydrogen-bond acceptors (Lipinski definition) is 2. The maximum absolute atomic E-state index is 5.84. The van der Waals surface area contributed by atoms with Crippen LogP contribution in [0.15, 0.2) is 28.7 Å². The van der Waals surface area contributed by atoms with Crippen LogP contribution in [0.4, 0.5) is 5.69 Å². The molecule has 19 heavy (non-hydrogen) atoms. The summed E-state index contributed by atoms with van der Waals surface area (Å²) in [7, 11) is 1.97. The average molecular weight is 343 g/mol. The van der Waals surface area contributed by atoms with Gasteiger partial charge in [0.1, 0.15) is 0 Å². The third kappa shape index (κ3) is 3.31. The van der Waals surface area contributed by atoms with Gasteiger partial charge in [-0.1, -0.05) is 19.1 Å². The Morgan fingerprint density at radius 1 is 1.42 bits per heavy atom. The normalized spacial score (nSPS) is 10.7. The molecule has 2 aromatic rings. The van der Waals surface area contributed by atoms with Crippen molar-refractivity contribution in [1.82, 2.24) is 9.78 Å². The second-order valence-corrected chi connectivity index (χ2v) is 5.43. The number of alkyl halides is 1. The largest absolute Gasteiger partial charge is 0.379 e. The van der Waals surface area contributed by atoms with Gasteiger partial charge in [0, 0.05) is 18.6 Å². The Balaban J connectivity index is 2.12. The Morgan fingerprint density at radius 3 is 2.84 bits per heavy atom. The van der Waals surface area contributed by atoms with Crippen molar-refractivity contribution < 1.29 is 0 Å². The lowest BCUT2D eigenvalue weighted by Crippen LogP contribution is -2.06. The van der Waals surface area contributed by atoms with E-state index >= 15 is 0 Å². The highest BCUT2D eigenvalue weighted by Gasteiger charge is 2.11. The summed E-state index contributed by atoms with van der Waals surface area (Å²) in [4.78, 5) is 0. The minimum atomic E-state index is 0.533. The third-order valence-electron chi connectivity index (χ3n) is 3.04. The lowest BCUT2D eigenvalue weighted by molar-refractivity contribution is 0.706. The van der Waals surface area contributed by atoms with Crippen LogP contribution >= 0.6 is 27.5 Å². The van der Waals surface area contributed by atoms with Crippen LogP contribution in [0.25, 0.3) is 0 Å². The lowest BCUT2D eigenvalue weighted by Gasteiger charge is -2.08. The number of nitrogens with zero attached hydrogens (tertiary/aromatic N) is 2. The maximum Gasteiger partial charge on any atom is 0.0767 e. The van der Waals surface area contributed by atoms with E-state index in [1.165, 1.54) is 0 Å². The molecule has 1 aromatic carbocycles. The summed E-state index contributed by atoms with van der Waals surface area (Å²) < 4.78 is 3.01. The molecule has 0 amide bonds. The summed E-state index contributed by atoms with van der Waals surface area (Å²) in [5.74, 6) is 0.533. The smallest absolute Gasteiger partial charge is 0.0767 e. The van der Waals surface area contributed by atoms with E-state index < -0.39 is 0 Å². The Labute approximate surface area is 127 Å². The van der Waals surface area contributed by atoms with Gasteiger partial charge in [0.05, 0.1) is 22.4 Å². The highest BCUT2D eigenvalue weighted by Crippen LogP contribution is 2.22. The highest BCUT2D eigenvalue weighted by molar-refractivity contribution is 9.10. The second-order valence-electron chi connectivity index (χ2n) is 4.37. The summed E-state index contributed by atoms with van der Waals surface area (Å²) in [6.45, 7) is 2.84. The molecule has 102 valence electrons. The first-order valence-electron chi connectivity index (χ1n) is 6.24. The molecule has 0 aliphatic rings. The van der Waals surface area contributed by atoms with Crippen molar-refractivity contribution in [2.24, 2.45) is 7.05 Å². The zero-order valence-electron chi connectivity index (χ0n) is 11.1. The van der Waals surface area contributed by atoms with Crippen LogP contribution in [-0.4, -0.2) is 9.78 Å². The predicted octanol–water partition coefficient (Wildman–Crippen LogP) is 4.10. The Kier molecular flexibility index (Phi) is 4.88. The van der Waals surface area contributed by atoms with Gasteiger partial charge in [0.25, 0.3) is 0 Å². The first kappa shape index (κ1) is 14.4. The number of aryl methyl sites for hydroxylation is 2. The topological polar surface area (TPSA) is 29.9 Å². The Morgan fingerprint density at radius 2 is 2.21 bits per heavy atom. The molecule has 1 heterocycles. The van der Waals surface area contributed by atoms with Crippen molar-refractivity contribution in [3.63, 3.8) is 0 Å². The first-order chi connectivity index (χ1) is 9.15. The number of nitrogens with one attached hydrogen (secondary N) is 1. The molecular formula is C14H17BrClN3. The standard InChI is InChI=1S/C14H17BrClN3/c1-3-12-14(15)13(19(2)18-12)9-17-11-6-4-5-10(7-11)8-16/h4-7,17H,3,8-9H2,1-2H3. The summed E-state index contributed by atoms with van der Waals surface area (Å²) in [5.41, 5.74) is 4.43. The zero-order chi connectivity index (χ0) is 13.8. The Bertz CT molecular complexity index is 566. The van der Waals surface area contributed by atoms with Crippen LogP contribution < -0.4 is 5.32 Å². The lowest BCUT2D eigenvalue weighted by atomic mass is 10.2. The molecule has 0 aliphatic carbocycles. The summed E-state index contributed by atoms with van der Waals surface area (Å²) >= 11 is 9.46. The van der Waals surface area contributed by atoms with Crippen LogP contribution in [0.1, 0.15) is 23.9 Å². The van der Waals surface area contributed by atoms with Crippen LogP contribution in [-0.2, 0) is 25.9 Å². The van der Waals surface area contributed by atoms with E-state index in [2.05, 4.69) is 39.3 Å². The molecule has 3 nitrogen and oxygen atoms in total. The summed E-state index contributed by atoms with van der Waals surface area (Å²) in [6.07, 6.45) is 0.927. The van der Waals surface area contributed by atoms with E-state index in [4.69, 9.17) is 11.6 Å². The number of anilines is 1. The van der Waals surface area contributed by atoms with Gasteiger partial charge in [-0.25, -0.2) is 0 Å². The predicted molar refractivity (Wildman–Crippen MR) is 83.6 cm³/mol. The molecule has 0 saturated carbocycles. The van der Waals surface area contributed by atoms with Gasteiger partial charge in [0.15, 0.2) is 0 Å². The van der Waals surface area contributed by atoms with Crippen LogP contribution in [0.2, 0.25) is 0 Å². The summed E-state index contributed by atoms with van der Waals surface area (Å²) in [5, 5.41) is 7.89. The number of benzene rings is 1. The molecule has 0 atom stereocenters. The van der Waals surface area contributed by atoms with Gasteiger partial charge in [-0.15, -0.1) is 11.6 Å². The van der Waals surface area contributed by atoms with Crippen LogP contribution in [0, 0.1) is 0 Å². The molecule has 2 rings (SSSR count). The molecule has 0 fully saturated rings. The molecule has 0 saturated heterocycles.